The number of thioether (sulfide) groups is 1. The summed E-state index contributed by atoms with van der Waals surface area (Å²) in [6.07, 6.45) is 4.01. The Morgan fingerprint density at radius 3 is 2.79 bits per heavy atom. The van der Waals surface area contributed by atoms with E-state index < -0.39 is 5.25 Å². The van der Waals surface area contributed by atoms with Crippen molar-refractivity contribution in [2.75, 3.05) is 6.54 Å². The normalized spacial score (nSPS) is 17.5. The Bertz CT molecular complexity index is 971. The average Bonchev–Trinajstić information content (AvgIpc) is 3.35. The maximum absolute atomic E-state index is 13.0. The van der Waals surface area contributed by atoms with Crippen LogP contribution < -0.4 is 0 Å². The lowest BCUT2D eigenvalue weighted by atomic mass is 10.2. The van der Waals surface area contributed by atoms with Crippen LogP contribution in [0.5, 0.6) is 0 Å². The summed E-state index contributed by atoms with van der Waals surface area (Å²) in [6, 6.07) is 10.2. The molecule has 1 aliphatic heterocycles. The standard InChI is InChI=1S/C19H17ClN4O3S/c20-13-8-6-12(7-9-13)17(25)24-11-2-1-5-15(18(24)26)28-19-23-22-16(27-19)14-4-3-10-21-14/h3-4,6-10,15,21H,1-2,5,11H2/t15-/m1/s1. The minimum Gasteiger partial charge on any atom is -0.410 e. The van der Waals surface area contributed by atoms with E-state index >= 15 is 0 Å². The molecular formula is C19H17ClN4O3S. The lowest BCUT2D eigenvalue weighted by Crippen LogP contribution is -2.41. The Kier molecular flexibility index (Phi) is 5.50. The first-order valence-electron chi connectivity index (χ1n) is 8.87. The molecule has 1 fully saturated rings. The Hall–Kier alpha value is -2.58. The van der Waals surface area contributed by atoms with Crippen molar-refractivity contribution in [3.8, 4) is 11.6 Å². The average molecular weight is 417 g/mol. The molecule has 0 radical (unpaired) electrons. The number of amides is 2. The van der Waals surface area contributed by atoms with Gasteiger partial charge in [-0.2, -0.15) is 0 Å². The number of aromatic nitrogens is 3. The van der Waals surface area contributed by atoms with Crippen molar-refractivity contribution in [2.24, 2.45) is 0 Å². The molecule has 4 rings (SSSR count). The molecule has 0 saturated carbocycles. The number of benzene rings is 1. The molecule has 1 aliphatic rings. The van der Waals surface area contributed by atoms with Crippen molar-refractivity contribution < 1.29 is 14.0 Å². The predicted molar refractivity (Wildman–Crippen MR) is 105 cm³/mol. The summed E-state index contributed by atoms with van der Waals surface area (Å²) in [6.45, 7) is 0.398. The van der Waals surface area contributed by atoms with Crippen LogP contribution in [0.4, 0.5) is 0 Å². The van der Waals surface area contributed by atoms with Crippen LogP contribution in [-0.2, 0) is 4.79 Å². The van der Waals surface area contributed by atoms with Crippen LogP contribution in [0.1, 0.15) is 29.6 Å². The van der Waals surface area contributed by atoms with Crippen LogP contribution in [0.2, 0.25) is 5.02 Å². The molecule has 0 bridgehead atoms. The van der Waals surface area contributed by atoms with Gasteiger partial charge in [0.15, 0.2) is 0 Å². The van der Waals surface area contributed by atoms with Crippen molar-refractivity contribution in [3.05, 3.63) is 53.2 Å². The van der Waals surface area contributed by atoms with Gasteiger partial charge in [-0.05, 0) is 49.2 Å². The van der Waals surface area contributed by atoms with Gasteiger partial charge in [0, 0.05) is 23.3 Å². The van der Waals surface area contributed by atoms with E-state index in [1.54, 1.807) is 30.5 Å². The topological polar surface area (TPSA) is 92.1 Å². The molecule has 2 amide bonds. The second-order valence-corrected chi connectivity index (χ2v) is 7.95. The van der Waals surface area contributed by atoms with Crippen LogP contribution in [0.25, 0.3) is 11.6 Å². The van der Waals surface area contributed by atoms with Gasteiger partial charge in [0.1, 0.15) is 5.69 Å². The second kappa shape index (κ2) is 8.20. The molecule has 0 aliphatic carbocycles. The minimum atomic E-state index is -0.448. The fourth-order valence-electron chi connectivity index (χ4n) is 3.02. The number of nitrogens with one attached hydrogen (secondary N) is 1. The fraction of sp³-hybridized carbons (Fsp3) is 0.263. The summed E-state index contributed by atoms with van der Waals surface area (Å²) < 4.78 is 5.65. The number of hydrogen-bond donors (Lipinski definition) is 1. The molecule has 3 heterocycles. The van der Waals surface area contributed by atoms with Crippen LogP contribution in [0.3, 0.4) is 0 Å². The van der Waals surface area contributed by atoms with Gasteiger partial charge in [-0.15, -0.1) is 10.2 Å². The SMILES string of the molecule is O=C(c1ccc(Cl)cc1)N1CCCC[C@@H](Sc2nnc(-c3ccc[nH]3)o2)C1=O. The van der Waals surface area contributed by atoms with Gasteiger partial charge in [0.2, 0.25) is 5.91 Å². The Morgan fingerprint density at radius 2 is 2.04 bits per heavy atom. The molecule has 1 saturated heterocycles. The lowest BCUT2D eigenvalue weighted by molar-refractivity contribution is -0.127. The number of rotatable bonds is 4. The van der Waals surface area contributed by atoms with Gasteiger partial charge >= 0.3 is 0 Å². The molecular weight excluding hydrogens is 400 g/mol. The number of aromatic amines is 1. The first-order chi connectivity index (χ1) is 13.6. The largest absolute Gasteiger partial charge is 0.410 e. The van der Waals surface area contributed by atoms with Crippen molar-refractivity contribution in [3.63, 3.8) is 0 Å². The number of likely N-dealkylation sites (tertiary alicyclic amines) is 1. The second-order valence-electron chi connectivity index (χ2n) is 6.36. The molecule has 1 atom stereocenters. The number of halogens is 1. The quantitative estimate of drug-likeness (QED) is 0.645. The van der Waals surface area contributed by atoms with Crippen LogP contribution in [0.15, 0.2) is 52.2 Å². The molecule has 0 unspecified atom stereocenters. The monoisotopic (exact) mass is 416 g/mol. The van der Waals surface area contributed by atoms with Crippen LogP contribution in [-0.4, -0.2) is 43.7 Å². The summed E-state index contributed by atoms with van der Waals surface area (Å²) in [5, 5.41) is 8.44. The molecule has 9 heteroatoms. The smallest absolute Gasteiger partial charge is 0.277 e. The van der Waals surface area contributed by atoms with E-state index in [9.17, 15) is 9.59 Å². The molecule has 144 valence electrons. The van der Waals surface area contributed by atoms with E-state index in [1.165, 1.54) is 16.7 Å². The van der Waals surface area contributed by atoms with Gasteiger partial charge in [-0.1, -0.05) is 29.8 Å². The zero-order chi connectivity index (χ0) is 19.5. The van der Waals surface area contributed by atoms with E-state index in [1.807, 2.05) is 12.1 Å². The highest BCUT2D eigenvalue weighted by atomic mass is 35.5. The zero-order valence-corrected chi connectivity index (χ0v) is 16.4. The summed E-state index contributed by atoms with van der Waals surface area (Å²) in [4.78, 5) is 30.2. The molecule has 28 heavy (non-hydrogen) atoms. The van der Waals surface area contributed by atoms with Gasteiger partial charge < -0.3 is 9.40 Å². The first kappa shape index (κ1) is 18.8. The van der Waals surface area contributed by atoms with E-state index in [0.717, 1.165) is 12.8 Å². The number of H-pyrrole nitrogens is 1. The highest BCUT2D eigenvalue weighted by Gasteiger charge is 2.33. The van der Waals surface area contributed by atoms with Crippen molar-refractivity contribution >= 4 is 35.2 Å². The van der Waals surface area contributed by atoms with Crippen molar-refractivity contribution in [1.82, 2.24) is 20.1 Å². The van der Waals surface area contributed by atoms with Crippen LogP contribution in [0, 0.1) is 0 Å². The molecule has 0 spiro atoms. The predicted octanol–water partition coefficient (Wildman–Crippen LogP) is 4.03. The number of carbonyl (C=O) groups is 2. The Balaban J connectivity index is 1.50. The lowest BCUT2D eigenvalue weighted by Gasteiger charge is -2.21. The van der Waals surface area contributed by atoms with Gasteiger partial charge in [0.05, 0.1) is 5.25 Å². The molecule has 1 aromatic carbocycles. The highest BCUT2D eigenvalue weighted by molar-refractivity contribution is 8.00. The first-order valence-corrected chi connectivity index (χ1v) is 10.1. The van der Waals surface area contributed by atoms with Gasteiger partial charge in [-0.25, -0.2) is 0 Å². The molecule has 1 N–H and O–H groups in total. The number of hydrogen-bond acceptors (Lipinski definition) is 6. The molecule has 2 aromatic heterocycles. The number of nitrogens with zero attached hydrogens (tertiary/aromatic N) is 3. The third-order valence-corrected chi connectivity index (χ3v) is 5.79. The van der Waals surface area contributed by atoms with E-state index in [2.05, 4.69) is 15.2 Å². The Labute approximate surface area is 170 Å². The summed E-state index contributed by atoms with van der Waals surface area (Å²) in [5.41, 5.74) is 1.15. The maximum atomic E-state index is 13.0. The van der Waals surface area contributed by atoms with E-state index in [4.69, 9.17) is 16.0 Å². The number of carbonyl (C=O) groups excluding carboxylic acids is 2. The van der Waals surface area contributed by atoms with E-state index in [-0.39, 0.29) is 11.8 Å². The third-order valence-electron chi connectivity index (χ3n) is 4.45. The number of imide groups is 1. The maximum Gasteiger partial charge on any atom is 0.277 e. The Morgan fingerprint density at radius 1 is 1.21 bits per heavy atom. The molecule has 3 aromatic rings. The van der Waals surface area contributed by atoms with Crippen LogP contribution >= 0.6 is 23.4 Å². The highest BCUT2D eigenvalue weighted by Crippen LogP contribution is 2.31. The summed E-state index contributed by atoms with van der Waals surface area (Å²) in [7, 11) is 0. The van der Waals surface area contributed by atoms with Gasteiger partial charge in [-0.3, -0.25) is 14.5 Å². The van der Waals surface area contributed by atoms with E-state index in [0.29, 0.717) is 40.4 Å². The summed E-state index contributed by atoms with van der Waals surface area (Å²) in [5.74, 6) is -0.184. The molecule has 7 nitrogen and oxygen atoms in total. The summed E-state index contributed by atoms with van der Waals surface area (Å²) >= 11 is 7.09. The third kappa shape index (κ3) is 3.98. The van der Waals surface area contributed by atoms with Crippen molar-refractivity contribution in [2.45, 2.75) is 29.7 Å². The fourth-order valence-corrected chi connectivity index (χ4v) is 4.11. The van der Waals surface area contributed by atoms with Crippen molar-refractivity contribution in [1.29, 1.82) is 0 Å². The zero-order valence-electron chi connectivity index (χ0n) is 14.8. The minimum absolute atomic E-state index is 0.234. The van der Waals surface area contributed by atoms with Gasteiger partial charge in [0.25, 0.3) is 17.0 Å².